The summed E-state index contributed by atoms with van der Waals surface area (Å²) in [5.74, 6) is 1.23. The Morgan fingerprint density at radius 1 is 1.30 bits per heavy atom. The third-order valence-electron chi connectivity index (χ3n) is 4.25. The Kier molecular flexibility index (Phi) is 3.79. The van der Waals surface area contributed by atoms with Gasteiger partial charge in [0, 0.05) is 47.9 Å². The first-order chi connectivity index (χ1) is 11.3. The van der Waals surface area contributed by atoms with Gasteiger partial charge in [-0.1, -0.05) is 18.2 Å². The van der Waals surface area contributed by atoms with Gasteiger partial charge in [-0.05, 0) is 35.7 Å². The minimum absolute atomic E-state index is 0.0777. The number of aromatic amines is 1. The highest BCUT2D eigenvalue weighted by Crippen LogP contribution is 2.32. The van der Waals surface area contributed by atoms with Gasteiger partial charge in [-0.2, -0.15) is 0 Å². The number of anilines is 1. The van der Waals surface area contributed by atoms with Gasteiger partial charge in [-0.3, -0.25) is 9.78 Å². The molecule has 0 radical (unpaired) electrons. The van der Waals surface area contributed by atoms with Crippen molar-refractivity contribution in [2.24, 2.45) is 5.92 Å². The smallest absolute Gasteiger partial charge is 0.143 e. The van der Waals surface area contributed by atoms with Crippen molar-refractivity contribution < 1.29 is 4.79 Å². The Morgan fingerprint density at radius 2 is 2.22 bits per heavy atom. The van der Waals surface area contributed by atoms with Crippen LogP contribution in [0.3, 0.4) is 0 Å². The summed E-state index contributed by atoms with van der Waals surface area (Å²) in [5.41, 5.74) is 3.25. The van der Waals surface area contributed by atoms with E-state index in [9.17, 15) is 4.79 Å². The van der Waals surface area contributed by atoms with Crippen molar-refractivity contribution in [1.82, 2.24) is 9.97 Å². The van der Waals surface area contributed by atoms with Crippen molar-refractivity contribution in [3.63, 3.8) is 0 Å². The second kappa shape index (κ2) is 6.08. The molecule has 1 atom stereocenters. The molecule has 1 aliphatic heterocycles. The van der Waals surface area contributed by atoms with E-state index in [1.165, 1.54) is 0 Å². The van der Waals surface area contributed by atoms with E-state index in [1.807, 2.05) is 42.7 Å². The van der Waals surface area contributed by atoms with Crippen LogP contribution in [0, 0.1) is 5.92 Å². The normalized spacial score (nSPS) is 17.7. The summed E-state index contributed by atoms with van der Waals surface area (Å²) in [6.07, 6.45) is 6.07. The molecule has 116 valence electrons. The molecule has 5 heteroatoms. The average Bonchev–Trinajstić information content (AvgIpc) is 3.24. The van der Waals surface area contributed by atoms with Crippen molar-refractivity contribution in [2.45, 2.75) is 6.42 Å². The van der Waals surface area contributed by atoms with Crippen molar-refractivity contribution in [1.29, 1.82) is 0 Å². The molecular formula is C18H17N3OS. The fourth-order valence-electron chi connectivity index (χ4n) is 2.97. The monoisotopic (exact) mass is 323 g/mol. The number of ketones is 1. The summed E-state index contributed by atoms with van der Waals surface area (Å²) >= 11 is 1.71. The fourth-order valence-corrected chi connectivity index (χ4v) is 4.17. The van der Waals surface area contributed by atoms with Gasteiger partial charge in [-0.15, -0.1) is 0 Å². The van der Waals surface area contributed by atoms with Crippen LogP contribution >= 0.6 is 11.9 Å². The van der Waals surface area contributed by atoms with Gasteiger partial charge >= 0.3 is 0 Å². The molecule has 3 aromatic rings. The number of nitrogens with zero attached hydrogens (tertiary/aromatic N) is 2. The lowest BCUT2D eigenvalue weighted by Crippen LogP contribution is -2.23. The Bertz CT molecular complexity index is 830. The zero-order valence-electron chi connectivity index (χ0n) is 12.6. The lowest BCUT2D eigenvalue weighted by Gasteiger charge is -2.15. The van der Waals surface area contributed by atoms with Crippen LogP contribution in [0.15, 0.2) is 55.0 Å². The minimum atomic E-state index is 0.0777. The van der Waals surface area contributed by atoms with Gasteiger partial charge in [0.05, 0.1) is 11.9 Å². The van der Waals surface area contributed by atoms with Crippen molar-refractivity contribution in [2.75, 3.05) is 16.6 Å². The number of carbonyl (C=O) groups excluding carboxylic acids is 1. The highest BCUT2D eigenvalue weighted by Gasteiger charge is 2.29. The summed E-state index contributed by atoms with van der Waals surface area (Å²) in [4.78, 5) is 20.1. The van der Waals surface area contributed by atoms with Gasteiger partial charge in [0.25, 0.3) is 0 Å². The van der Waals surface area contributed by atoms with Crippen LogP contribution in [0.4, 0.5) is 5.69 Å². The van der Waals surface area contributed by atoms with E-state index in [0.717, 1.165) is 34.5 Å². The maximum Gasteiger partial charge on any atom is 0.143 e. The molecule has 1 aromatic carbocycles. The topological polar surface area (TPSA) is 49.0 Å². The predicted octanol–water partition coefficient (Wildman–Crippen LogP) is 3.46. The van der Waals surface area contributed by atoms with Crippen molar-refractivity contribution >= 4 is 34.3 Å². The number of pyridine rings is 1. The molecule has 23 heavy (non-hydrogen) atoms. The van der Waals surface area contributed by atoms with Crippen LogP contribution in [0.5, 0.6) is 0 Å². The van der Waals surface area contributed by atoms with E-state index in [0.29, 0.717) is 12.2 Å². The number of hydrogen-bond donors (Lipinski definition) is 1. The molecule has 0 amide bonds. The molecule has 0 aliphatic carbocycles. The number of benzene rings is 1. The van der Waals surface area contributed by atoms with E-state index < -0.39 is 0 Å². The number of para-hydroxylation sites is 1. The number of carbonyl (C=O) groups is 1. The Balaban J connectivity index is 1.46. The maximum atomic E-state index is 12.7. The molecule has 0 bridgehead atoms. The van der Waals surface area contributed by atoms with Gasteiger partial charge in [0.15, 0.2) is 0 Å². The number of rotatable bonds is 4. The molecular weight excluding hydrogens is 306 g/mol. The molecule has 4 nitrogen and oxygen atoms in total. The zero-order valence-corrected chi connectivity index (χ0v) is 13.4. The van der Waals surface area contributed by atoms with Crippen molar-refractivity contribution in [3.8, 4) is 0 Å². The number of fused-ring (bicyclic) bond motifs is 1. The SMILES string of the molecule is O=C(Cc1c[nH]c2ccccc12)C1CSN(c2cccnc2)C1. The van der Waals surface area contributed by atoms with E-state index in [4.69, 9.17) is 0 Å². The van der Waals surface area contributed by atoms with Crippen molar-refractivity contribution in [3.05, 3.63) is 60.6 Å². The standard InChI is InChI=1S/C18H17N3OS/c22-18(8-13-9-20-17-6-2-1-5-16(13)17)14-11-21(23-12-14)15-4-3-7-19-10-15/h1-7,9-10,14,20H,8,11-12H2. The van der Waals surface area contributed by atoms with E-state index in [2.05, 4.69) is 20.3 Å². The quantitative estimate of drug-likeness (QED) is 0.747. The molecule has 0 spiro atoms. The van der Waals surface area contributed by atoms with Gasteiger partial charge in [0.1, 0.15) is 5.78 Å². The highest BCUT2D eigenvalue weighted by molar-refractivity contribution is 8.00. The number of H-pyrrole nitrogens is 1. The third kappa shape index (κ3) is 2.84. The first-order valence-electron chi connectivity index (χ1n) is 7.69. The second-order valence-corrected chi connectivity index (χ2v) is 6.80. The zero-order chi connectivity index (χ0) is 15.6. The Hall–Kier alpha value is -2.27. The number of nitrogens with one attached hydrogen (secondary N) is 1. The number of Topliss-reactive ketones (excluding diaryl/α,β-unsaturated/α-hetero) is 1. The van der Waals surface area contributed by atoms with Crippen LogP contribution in [-0.2, 0) is 11.2 Å². The van der Waals surface area contributed by atoms with Gasteiger partial charge < -0.3 is 9.29 Å². The van der Waals surface area contributed by atoms with E-state index >= 15 is 0 Å². The highest BCUT2D eigenvalue weighted by atomic mass is 32.2. The lowest BCUT2D eigenvalue weighted by molar-refractivity contribution is -0.121. The minimum Gasteiger partial charge on any atom is -0.361 e. The molecule has 1 fully saturated rings. The predicted molar refractivity (Wildman–Crippen MR) is 94.5 cm³/mol. The molecule has 1 aliphatic rings. The molecule has 4 rings (SSSR count). The molecule has 1 saturated heterocycles. The summed E-state index contributed by atoms with van der Waals surface area (Å²) in [5, 5.41) is 1.15. The van der Waals surface area contributed by atoms with Crippen LogP contribution in [-0.4, -0.2) is 28.0 Å². The number of aromatic nitrogens is 2. The van der Waals surface area contributed by atoms with Gasteiger partial charge in [0.2, 0.25) is 0 Å². The molecule has 2 aromatic heterocycles. The van der Waals surface area contributed by atoms with E-state index in [-0.39, 0.29) is 5.92 Å². The summed E-state index contributed by atoms with van der Waals surface area (Å²) < 4.78 is 2.17. The largest absolute Gasteiger partial charge is 0.361 e. The summed E-state index contributed by atoms with van der Waals surface area (Å²) in [6, 6.07) is 12.1. The molecule has 3 heterocycles. The number of hydrogen-bond acceptors (Lipinski definition) is 4. The first-order valence-corrected chi connectivity index (χ1v) is 8.64. The summed E-state index contributed by atoms with van der Waals surface area (Å²) in [6.45, 7) is 0.761. The Labute approximate surface area is 139 Å². The lowest BCUT2D eigenvalue weighted by atomic mass is 9.99. The fraction of sp³-hybridized carbons (Fsp3) is 0.222. The van der Waals surface area contributed by atoms with Crippen LogP contribution in [0.1, 0.15) is 5.56 Å². The average molecular weight is 323 g/mol. The van der Waals surface area contributed by atoms with Crippen LogP contribution in [0.25, 0.3) is 10.9 Å². The molecule has 1 N–H and O–H groups in total. The maximum absolute atomic E-state index is 12.7. The molecule has 0 saturated carbocycles. The first kappa shape index (κ1) is 14.3. The van der Waals surface area contributed by atoms with Crippen LogP contribution < -0.4 is 4.31 Å². The van der Waals surface area contributed by atoms with E-state index in [1.54, 1.807) is 18.1 Å². The molecule has 1 unspecified atom stereocenters. The van der Waals surface area contributed by atoms with Gasteiger partial charge in [-0.25, -0.2) is 0 Å². The third-order valence-corrected chi connectivity index (χ3v) is 5.47. The Morgan fingerprint density at radius 3 is 3.09 bits per heavy atom. The summed E-state index contributed by atoms with van der Waals surface area (Å²) in [7, 11) is 0. The van der Waals surface area contributed by atoms with Crippen LogP contribution in [0.2, 0.25) is 0 Å². The second-order valence-electron chi connectivity index (χ2n) is 5.77.